The summed E-state index contributed by atoms with van der Waals surface area (Å²) in [5, 5.41) is 1.15. The summed E-state index contributed by atoms with van der Waals surface area (Å²) in [6.45, 7) is 2.07. The third kappa shape index (κ3) is 2.93. The van der Waals surface area contributed by atoms with Crippen molar-refractivity contribution in [1.82, 2.24) is 4.57 Å². The smallest absolute Gasteiger partial charge is 0.175 e. The Balaban J connectivity index is 1.95. The molecule has 0 fully saturated rings. The predicted octanol–water partition coefficient (Wildman–Crippen LogP) is 5.01. The molecule has 4 aromatic rings. The van der Waals surface area contributed by atoms with Crippen molar-refractivity contribution in [3.8, 4) is 16.9 Å². The lowest BCUT2D eigenvalue weighted by Crippen LogP contribution is -1.98. The highest BCUT2D eigenvalue weighted by Crippen LogP contribution is 2.32. The molecule has 130 valence electrons. The van der Waals surface area contributed by atoms with Crippen molar-refractivity contribution in [2.24, 2.45) is 0 Å². The summed E-state index contributed by atoms with van der Waals surface area (Å²) in [4.78, 5) is 0.333. The number of benzene rings is 3. The first kappa shape index (κ1) is 16.6. The summed E-state index contributed by atoms with van der Waals surface area (Å²) in [6, 6.07) is 25.9. The molecule has 1 aromatic heterocycles. The van der Waals surface area contributed by atoms with Crippen LogP contribution in [0.25, 0.3) is 27.8 Å². The fourth-order valence-corrected chi connectivity index (χ4v) is 3.84. The Labute approximate surface area is 153 Å². The van der Waals surface area contributed by atoms with Gasteiger partial charge >= 0.3 is 0 Å². The number of nitrogens with zero attached hydrogens (tertiary/aromatic N) is 1. The molecule has 0 unspecified atom stereocenters. The van der Waals surface area contributed by atoms with Crippen molar-refractivity contribution >= 4 is 20.7 Å². The number of fused-ring (bicyclic) bond motifs is 1. The van der Waals surface area contributed by atoms with Crippen molar-refractivity contribution in [1.29, 1.82) is 0 Å². The molecule has 0 spiro atoms. The van der Waals surface area contributed by atoms with Gasteiger partial charge in [-0.05, 0) is 48.9 Å². The molecule has 26 heavy (non-hydrogen) atoms. The van der Waals surface area contributed by atoms with Crippen molar-refractivity contribution in [3.05, 3.63) is 84.4 Å². The van der Waals surface area contributed by atoms with E-state index in [0.29, 0.717) is 4.90 Å². The van der Waals surface area contributed by atoms with Crippen LogP contribution < -0.4 is 0 Å². The number of hydrogen-bond donors (Lipinski definition) is 0. The maximum atomic E-state index is 11.7. The first-order valence-electron chi connectivity index (χ1n) is 8.41. The maximum absolute atomic E-state index is 11.7. The SMILES string of the molecule is Cc1ccc(-n2c(-c3ccc(S(C)(=O)=O)cc3)cc3ccccc32)cc1. The Kier molecular flexibility index (Phi) is 3.93. The van der Waals surface area contributed by atoms with Gasteiger partial charge in [-0.25, -0.2) is 8.42 Å². The van der Waals surface area contributed by atoms with E-state index in [-0.39, 0.29) is 0 Å². The van der Waals surface area contributed by atoms with Crippen LogP contribution in [0.3, 0.4) is 0 Å². The van der Waals surface area contributed by atoms with Gasteiger partial charge in [0.25, 0.3) is 0 Å². The summed E-state index contributed by atoms with van der Waals surface area (Å²) in [6.07, 6.45) is 1.23. The Morgan fingerprint density at radius 1 is 0.808 bits per heavy atom. The largest absolute Gasteiger partial charge is 0.309 e. The topological polar surface area (TPSA) is 39.1 Å². The minimum atomic E-state index is -3.20. The first-order chi connectivity index (χ1) is 12.4. The van der Waals surface area contributed by atoms with E-state index in [1.54, 1.807) is 12.1 Å². The summed E-state index contributed by atoms with van der Waals surface area (Å²) in [7, 11) is -3.20. The number of hydrogen-bond acceptors (Lipinski definition) is 2. The van der Waals surface area contributed by atoms with Crippen LogP contribution in [-0.4, -0.2) is 19.2 Å². The normalized spacial score (nSPS) is 11.8. The van der Waals surface area contributed by atoms with Gasteiger partial charge in [-0.15, -0.1) is 0 Å². The molecule has 0 aliphatic carbocycles. The third-order valence-corrected chi connectivity index (χ3v) is 5.71. The molecular formula is C22H19NO2S. The van der Waals surface area contributed by atoms with Crippen LogP contribution in [0, 0.1) is 6.92 Å². The van der Waals surface area contributed by atoms with Crippen LogP contribution in [0.1, 0.15) is 5.56 Å². The number of aryl methyl sites for hydroxylation is 1. The molecule has 1 heterocycles. The predicted molar refractivity (Wildman–Crippen MR) is 107 cm³/mol. The molecule has 4 rings (SSSR count). The Morgan fingerprint density at radius 3 is 2.12 bits per heavy atom. The van der Waals surface area contributed by atoms with Gasteiger partial charge in [0.15, 0.2) is 9.84 Å². The summed E-state index contributed by atoms with van der Waals surface area (Å²) < 4.78 is 25.7. The standard InChI is InChI=1S/C22H19NO2S/c1-16-7-11-19(12-8-16)23-21-6-4-3-5-18(21)15-22(23)17-9-13-20(14-10-17)26(2,24)25/h3-15H,1-2H3. The van der Waals surface area contributed by atoms with E-state index >= 15 is 0 Å². The van der Waals surface area contributed by atoms with Crippen molar-refractivity contribution < 1.29 is 8.42 Å². The average Bonchev–Trinajstić information content (AvgIpc) is 3.01. The van der Waals surface area contributed by atoms with E-state index in [1.807, 2.05) is 24.3 Å². The molecule has 0 radical (unpaired) electrons. The molecule has 4 heteroatoms. The summed E-state index contributed by atoms with van der Waals surface area (Å²) >= 11 is 0. The van der Waals surface area contributed by atoms with Gasteiger partial charge in [0.2, 0.25) is 0 Å². The molecule has 0 amide bonds. The molecule has 0 saturated heterocycles. The van der Waals surface area contributed by atoms with Crippen LogP contribution >= 0.6 is 0 Å². The number of para-hydroxylation sites is 1. The van der Waals surface area contributed by atoms with E-state index in [0.717, 1.165) is 27.8 Å². The van der Waals surface area contributed by atoms with Crippen molar-refractivity contribution in [3.63, 3.8) is 0 Å². The summed E-state index contributed by atoms with van der Waals surface area (Å²) in [5.74, 6) is 0. The van der Waals surface area contributed by atoms with Gasteiger partial charge in [0.1, 0.15) is 0 Å². The highest BCUT2D eigenvalue weighted by molar-refractivity contribution is 7.90. The monoisotopic (exact) mass is 361 g/mol. The molecule has 0 aliphatic rings. The molecular weight excluding hydrogens is 342 g/mol. The lowest BCUT2D eigenvalue weighted by Gasteiger charge is -2.12. The fraction of sp³-hybridized carbons (Fsp3) is 0.0909. The zero-order chi connectivity index (χ0) is 18.3. The van der Waals surface area contributed by atoms with Crippen LogP contribution in [-0.2, 0) is 9.84 Å². The third-order valence-electron chi connectivity index (χ3n) is 4.58. The van der Waals surface area contributed by atoms with E-state index in [9.17, 15) is 8.42 Å². The van der Waals surface area contributed by atoms with Crippen LogP contribution in [0.5, 0.6) is 0 Å². The first-order valence-corrected chi connectivity index (χ1v) is 10.3. The number of aromatic nitrogens is 1. The van der Waals surface area contributed by atoms with Crippen LogP contribution in [0.4, 0.5) is 0 Å². The van der Waals surface area contributed by atoms with Crippen molar-refractivity contribution in [2.45, 2.75) is 11.8 Å². The molecule has 0 atom stereocenters. The highest BCUT2D eigenvalue weighted by atomic mass is 32.2. The molecule has 0 saturated carbocycles. The Morgan fingerprint density at radius 2 is 1.46 bits per heavy atom. The average molecular weight is 361 g/mol. The molecule has 0 N–H and O–H groups in total. The lowest BCUT2D eigenvalue weighted by atomic mass is 10.1. The number of sulfone groups is 1. The van der Waals surface area contributed by atoms with Gasteiger partial charge < -0.3 is 4.57 Å². The highest BCUT2D eigenvalue weighted by Gasteiger charge is 2.13. The molecule has 3 aromatic carbocycles. The van der Waals surface area contributed by atoms with Gasteiger partial charge in [0.05, 0.1) is 16.1 Å². The lowest BCUT2D eigenvalue weighted by molar-refractivity contribution is 0.602. The summed E-state index contributed by atoms with van der Waals surface area (Å²) in [5.41, 5.74) is 5.44. The Bertz CT molecular complexity index is 1190. The zero-order valence-corrected chi connectivity index (χ0v) is 15.5. The second kappa shape index (κ2) is 6.15. The zero-order valence-electron chi connectivity index (χ0n) is 14.7. The van der Waals surface area contributed by atoms with Gasteiger partial charge in [-0.2, -0.15) is 0 Å². The van der Waals surface area contributed by atoms with Crippen molar-refractivity contribution in [2.75, 3.05) is 6.26 Å². The van der Waals surface area contributed by atoms with E-state index in [1.165, 1.54) is 11.8 Å². The van der Waals surface area contributed by atoms with Gasteiger partial charge in [-0.3, -0.25) is 0 Å². The Hall–Kier alpha value is -2.85. The molecule has 0 aliphatic heterocycles. The minimum Gasteiger partial charge on any atom is -0.309 e. The quantitative estimate of drug-likeness (QED) is 0.514. The van der Waals surface area contributed by atoms with Gasteiger partial charge in [-0.1, -0.05) is 48.0 Å². The second-order valence-electron chi connectivity index (χ2n) is 6.56. The molecule has 0 bridgehead atoms. The number of rotatable bonds is 3. The molecule has 3 nitrogen and oxygen atoms in total. The fourth-order valence-electron chi connectivity index (χ4n) is 3.21. The maximum Gasteiger partial charge on any atom is 0.175 e. The second-order valence-corrected chi connectivity index (χ2v) is 8.57. The minimum absolute atomic E-state index is 0.333. The van der Waals surface area contributed by atoms with E-state index in [4.69, 9.17) is 0 Å². The van der Waals surface area contributed by atoms with Crippen LogP contribution in [0.15, 0.2) is 83.8 Å². The van der Waals surface area contributed by atoms with E-state index in [2.05, 4.69) is 54.0 Å². The van der Waals surface area contributed by atoms with Crippen LogP contribution in [0.2, 0.25) is 0 Å². The van der Waals surface area contributed by atoms with E-state index < -0.39 is 9.84 Å². The van der Waals surface area contributed by atoms with Gasteiger partial charge in [0, 0.05) is 17.3 Å².